The average molecular weight is 304 g/mol. The van der Waals surface area contributed by atoms with E-state index >= 15 is 0 Å². The van der Waals surface area contributed by atoms with Crippen LogP contribution in [0.3, 0.4) is 0 Å². The van der Waals surface area contributed by atoms with Gasteiger partial charge in [0.25, 0.3) is 0 Å². The molecule has 0 fully saturated rings. The standard InChI is InChI=1S/C15H10ClNO4/c1-20-13-6-8-2-3-10(16)4-9(8)5-11(13)14-7-12(15(18)19)17-21-14/h2-7H,1H3,(H,18,19). The van der Waals surface area contributed by atoms with Crippen LogP contribution in [0.5, 0.6) is 5.75 Å². The molecule has 3 aromatic rings. The second-order valence-corrected chi connectivity index (χ2v) is 4.86. The van der Waals surface area contributed by atoms with Gasteiger partial charge in [0, 0.05) is 11.1 Å². The minimum atomic E-state index is -1.15. The van der Waals surface area contributed by atoms with Gasteiger partial charge in [-0.25, -0.2) is 4.79 Å². The van der Waals surface area contributed by atoms with Crippen LogP contribution in [0.15, 0.2) is 40.9 Å². The molecule has 106 valence electrons. The lowest BCUT2D eigenvalue weighted by molar-refractivity contribution is 0.0686. The van der Waals surface area contributed by atoms with E-state index < -0.39 is 5.97 Å². The summed E-state index contributed by atoms with van der Waals surface area (Å²) in [5.74, 6) is -0.253. The number of hydrogen-bond donors (Lipinski definition) is 1. The highest BCUT2D eigenvalue weighted by Gasteiger charge is 2.16. The third kappa shape index (κ3) is 2.43. The number of halogens is 1. The van der Waals surface area contributed by atoms with Crippen molar-refractivity contribution in [2.45, 2.75) is 0 Å². The van der Waals surface area contributed by atoms with Crippen molar-refractivity contribution in [2.75, 3.05) is 7.11 Å². The molecule has 0 saturated heterocycles. The van der Waals surface area contributed by atoms with E-state index in [1.54, 1.807) is 6.07 Å². The number of aromatic carboxylic acids is 1. The minimum absolute atomic E-state index is 0.154. The molecule has 0 aliphatic heterocycles. The smallest absolute Gasteiger partial charge is 0.358 e. The number of benzene rings is 2. The summed E-state index contributed by atoms with van der Waals surface area (Å²) >= 11 is 5.99. The number of nitrogens with zero attached hydrogens (tertiary/aromatic N) is 1. The summed E-state index contributed by atoms with van der Waals surface area (Å²) in [6.07, 6.45) is 0. The van der Waals surface area contributed by atoms with Gasteiger partial charge in [0.2, 0.25) is 0 Å². The van der Waals surface area contributed by atoms with E-state index in [0.29, 0.717) is 22.1 Å². The van der Waals surface area contributed by atoms with Gasteiger partial charge in [-0.05, 0) is 35.0 Å². The maximum Gasteiger partial charge on any atom is 0.358 e. The zero-order valence-electron chi connectivity index (χ0n) is 11.0. The molecule has 0 saturated carbocycles. The summed E-state index contributed by atoms with van der Waals surface area (Å²) in [5, 5.41) is 14.9. The molecule has 1 aromatic heterocycles. The molecule has 2 aromatic carbocycles. The van der Waals surface area contributed by atoms with E-state index in [1.807, 2.05) is 24.3 Å². The fraction of sp³-hybridized carbons (Fsp3) is 0.0667. The number of aromatic nitrogens is 1. The van der Waals surface area contributed by atoms with Gasteiger partial charge in [-0.2, -0.15) is 0 Å². The number of fused-ring (bicyclic) bond motifs is 1. The Morgan fingerprint density at radius 3 is 2.71 bits per heavy atom. The van der Waals surface area contributed by atoms with Crippen LogP contribution >= 0.6 is 11.6 Å². The Labute approximate surface area is 124 Å². The Morgan fingerprint density at radius 1 is 1.24 bits per heavy atom. The number of carboxylic acid groups (broad SMARTS) is 1. The van der Waals surface area contributed by atoms with Crippen molar-refractivity contribution < 1.29 is 19.2 Å². The maximum atomic E-state index is 10.9. The molecule has 0 bridgehead atoms. The van der Waals surface area contributed by atoms with Crippen LogP contribution in [0, 0.1) is 0 Å². The molecule has 1 N–H and O–H groups in total. The predicted octanol–water partition coefficient (Wildman–Crippen LogP) is 3.86. The Kier molecular flexibility index (Phi) is 3.27. The number of ether oxygens (including phenoxy) is 1. The highest BCUT2D eigenvalue weighted by atomic mass is 35.5. The van der Waals surface area contributed by atoms with Crippen LogP contribution in [0.2, 0.25) is 5.02 Å². The van der Waals surface area contributed by atoms with Gasteiger partial charge >= 0.3 is 5.97 Å². The Bertz CT molecular complexity index is 841. The van der Waals surface area contributed by atoms with Crippen LogP contribution in [-0.4, -0.2) is 23.3 Å². The van der Waals surface area contributed by atoms with Crippen molar-refractivity contribution in [3.63, 3.8) is 0 Å². The van der Waals surface area contributed by atoms with Gasteiger partial charge in [0.15, 0.2) is 11.5 Å². The molecule has 0 unspecified atom stereocenters. The van der Waals surface area contributed by atoms with E-state index in [1.165, 1.54) is 13.2 Å². The maximum absolute atomic E-state index is 10.9. The largest absolute Gasteiger partial charge is 0.496 e. The van der Waals surface area contributed by atoms with Crippen LogP contribution in [0.4, 0.5) is 0 Å². The lowest BCUT2D eigenvalue weighted by Gasteiger charge is -2.08. The zero-order chi connectivity index (χ0) is 15.0. The second-order valence-electron chi connectivity index (χ2n) is 4.43. The number of carbonyl (C=O) groups is 1. The van der Waals surface area contributed by atoms with Crippen LogP contribution in [-0.2, 0) is 0 Å². The number of methoxy groups -OCH3 is 1. The van der Waals surface area contributed by atoms with Crippen molar-refractivity contribution in [1.82, 2.24) is 5.16 Å². The molecule has 3 rings (SSSR count). The van der Waals surface area contributed by atoms with Gasteiger partial charge in [0.05, 0.1) is 12.7 Å². The molecule has 0 aliphatic rings. The van der Waals surface area contributed by atoms with Gasteiger partial charge in [-0.1, -0.05) is 22.8 Å². The van der Waals surface area contributed by atoms with E-state index in [-0.39, 0.29) is 5.69 Å². The van der Waals surface area contributed by atoms with E-state index in [2.05, 4.69) is 5.16 Å². The number of hydrogen-bond acceptors (Lipinski definition) is 4. The first-order chi connectivity index (χ1) is 10.1. The first-order valence-electron chi connectivity index (χ1n) is 6.06. The van der Waals surface area contributed by atoms with Gasteiger partial charge in [-0.3, -0.25) is 0 Å². The molecule has 0 spiro atoms. The summed E-state index contributed by atoms with van der Waals surface area (Å²) in [7, 11) is 1.54. The van der Waals surface area contributed by atoms with Crippen LogP contribution in [0.25, 0.3) is 22.1 Å². The molecular formula is C15H10ClNO4. The molecule has 0 aliphatic carbocycles. The SMILES string of the molecule is COc1cc2ccc(Cl)cc2cc1-c1cc(C(=O)O)no1. The highest BCUT2D eigenvalue weighted by molar-refractivity contribution is 6.31. The first-order valence-corrected chi connectivity index (χ1v) is 6.44. The van der Waals surface area contributed by atoms with Gasteiger partial charge in [-0.15, -0.1) is 0 Å². The molecule has 0 amide bonds. The normalized spacial score (nSPS) is 10.8. The molecular weight excluding hydrogens is 294 g/mol. The van der Waals surface area contributed by atoms with Crippen LogP contribution in [0.1, 0.15) is 10.5 Å². The summed E-state index contributed by atoms with van der Waals surface area (Å²) in [4.78, 5) is 10.9. The summed E-state index contributed by atoms with van der Waals surface area (Å²) in [5.41, 5.74) is 0.463. The van der Waals surface area contributed by atoms with Crippen molar-refractivity contribution in [2.24, 2.45) is 0 Å². The van der Waals surface area contributed by atoms with Crippen molar-refractivity contribution in [3.8, 4) is 17.1 Å². The third-order valence-electron chi connectivity index (χ3n) is 3.12. The van der Waals surface area contributed by atoms with Crippen molar-refractivity contribution in [1.29, 1.82) is 0 Å². The van der Waals surface area contributed by atoms with Gasteiger partial charge in [0.1, 0.15) is 5.75 Å². The second kappa shape index (κ2) is 5.10. The minimum Gasteiger partial charge on any atom is -0.496 e. The zero-order valence-corrected chi connectivity index (χ0v) is 11.7. The topological polar surface area (TPSA) is 72.6 Å². The average Bonchev–Trinajstić information content (AvgIpc) is 2.95. The highest BCUT2D eigenvalue weighted by Crippen LogP contribution is 2.35. The molecule has 21 heavy (non-hydrogen) atoms. The fourth-order valence-corrected chi connectivity index (χ4v) is 2.29. The number of rotatable bonds is 3. The fourth-order valence-electron chi connectivity index (χ4n) is 2.11. The summed E-state index contributed by atoms with van der Waals surface area (Å²) < 4.78 is 10.4. The van der Waals surface area contributed by atoms with E-state index in [0.717, 1.165) is 10.8 Å². The summed E-state index contributed by atoms with van der Waals surface area (Å²) in [6.45, 7) is 0. The number of carboxylic acids is 1. The third-order valence-corrected chi connectivity index (χ3v) is 3.35. The van der Waals surface area contributed by atoms with Crippen molar-refractivity contribution >= 4 is 28.3 Å². The quantitative estimate of drug-likeness (QED) is 0.795. The Morgan fingerprint density at radius 2 is 2.05 bits per heavy atom. The lowest BCUT2D eigenvalue weighted by Crippen LogP contribution is -1.94. The first kappa shape index (κ1) is 13.5. The summed E-state index contributed by atoms with van der Waals surface area (Å²) in [6, 6.07) is 10.5. The van der Waals surface area contributed by atoms with Gasteiger partial charge < -0.3 is 14.4 Å². The Hall–Kier alpha value is -2.53. The molecule has 0 atom stereocenters. The molecule has 5 nitrogen and oxygen atoms in total. The molecule has 0 radical (unpaired) electrons. The van der Waals surface area contributed by atoms with Crippen LogP contribution < -0.4 is 4.74 Å². The van der Waals surface area contributed by atoms with E-state index in [9.17, 15) is 4.79 Å². The van der Waals surface area contributed by atoms with E-state index in [4.69, 9.17) is 26.0 Å². The Balaban J connectivity index is 2.21. The monoisotopic (exact) mass is 303 g/mol. The molecule has 1 heterocycles. The predicted molar refractivity (Wildman–Crippen MR) is 78.0 cm³/mol. The molecule has 6 heteroatoms. The lowest BCUT2D eigenvalue weighted by atomic mass is 10.0. The van der Waals surface area contributed by atoms with Crippen molar-refractivity contribution in [3.05, 3.63) is 47.1 Å².